The molecular weight excluding hydrogens is 342 g/mol. The quantitative estimate of drug-likeness (QED) is 0.599. The predicted molar refractivity (Wildman–Crippen MR) is 104 cm³/mol. The minimum absolute atomic E-state index is 0.241. The standard InChI is InChI=1S/C22H21NO4/c1-4-27-22(24)20-19(17-11-8-12-18(25-2)21(17)26-3)16(13-14-23-20)15-9-6-5-7-10-15/h5-14H,4H2,1-3H3. The molecule has 138 valence electrons. The van der Waals surface area contributed by atoms with Crippen LogP contribution in [0, 0.1) is 0 Å². The lowest BCUT2D eigenvalue weighted by Gasteiger charge is -2.18. The summed E-state index contributed by atoms with van der Waals surface area (Å²) in [6.45, 7) is 2.04. The number of nitrogens with zero attached hydrogens (tertiary/aromatic N) is 1. The highest BCUT2D eigenvalue weighted by Gasteiger charge is 2.24. The number of methoxy groups -OCH3 is 2. The van der Waals surface area contributed by atoms with Crippen molar-refractivity contribution in [2.75, 3.05) is 20.8 Å². The van der Waals surface area contributed by atoms with Crippen molar-refractivity contribution >= 4 is 5.97 Å². The van der Waals surface area contributed by atoms with Gasteiger partial charge in [-0.05, 0) is 30.2 Å². The van der Waals surface area contributed by atoms with E-state index in [2.05, 4.69) is 4.98 Å². The first-order valence-electron chi connectivity index (χ1n) is 8.64. The van der Waals surface area contributed by atoms with Gasteiger partial charge in [-0.2, -0.15) is 0 Å². The molecule has 0 atom stereocenters. The lowest BCUT2D eigenvalue weighted by molar-refractivity contribution is 0.0520. The average Bonchev–Trinajstić information content (AvgIpc) is 2.73. The zero-order valence-electron chi connectivity index (χ0n) is 15.6. The van der Waals surface area contributed by atoms with Gasteiger partial charge in [0.15, 0.2) is 17.2 Å². The third kappa shape index (κ3) is 3.62. The number of benzene rings is 2. The maximum absolute atomic E-state index is 12.6. The lowest BCUT2D eigenvalue weighted by Crippen LogP contribution is -2.10. The van der Waals surface area contributed by atoms with Crippen molar-refractivity contribution in [3.8, 4) is 33.8 Å². The van der Waals surface area contributed by atoms with Gasteiger partial charge in [0.2, 0.25) is 0 Å². The van der Waals surface area contributed by atoms with Crippen molar-refractivity contribution in [3.05, 3.63) is 66.5 Å². The molecule has 5 nitrogen and oxygen atoms in total. The largest absolute Gasteiger partial charge is 0.493 e. The second-order valence-electron chi connectivity index (χ2n) is 5.71. The van der Waals surface area contributed by atoms with E-state index < -0.39 is 5.97 Å². The fourth-order valence-electron chi connectivity index (χ4n) is 3.03. The minimum Gasteiger partial charge on any atom is -0.493 e. The van der Waals surface area contributed by atoms with Gasteiger partial charge in [-0.25, -0.2) is 9.78 Å². The average molecular weight is 363 g/mol. The lowest BCUT2D eigenvalue weighted by atomic mass is 9.92. The Morgan fingerprint density at radius 3 is 2.37 bits per heavy atom. The minimum atomic E-state index is -0.477. The molecule has 0 bridgehead atoms. The molecule has 5 heteroatoms. The molecule has 3 aromatic rings. The first kappa shape index (κ1) is 18.5. The van der Waals surface area contributed by atoms with E-state index in [1.807, 2.05) is 54.6 Å². The second kappa shape index (κ2) is 8.36. The summed E-state index contributed by atoms with van der Waals surface area (Å²) in [6, 6.07) is 17.3. The van der Waals surface area contributed by atoms with Crippen molar-refractivity contribution in [1.29, 1.82) is 0 Å². The summed E-state index contributed by atoms with van der Waals surface area (Å²) in [7, 11) is 3.15. The van der Waals surface area contributed by atoms with E-state index in [1.165, 1.54) is 0 Å². The van der Waals surface area contributed by atoms with E-state index >= 15 is 0 Å². The monoisotopic (exact) mass is 363 g/mol. The Labute approximate surface area is 158 Å². The molecule has 0 aliphatic heterocycles. The van der Waals surface area contributed by atoms with Crippen LogP contribution in [-0.4, -0.2) is 31.8 Å². The van der Waals surface area contributed by atoms with Crippen LogP contribution in [0.4, 0.5) is 0 Å². The zero-order valence-corrected chi connectivity index (χ0v) is 15.6. The van der Waals surface area contributed by atoms with Gasteiger partial charge in [0, 0.05) is 17.3 Å². The number of carbonyl (C=O) groups excluding carboxylic acids is 1. The van der Waals surface area contributed by atoms with Crippen LogP contribution in [0.2, 0.25) is 0 Å². The summed E-state index contributed by atoms with van der Waals surface area (Å²) >= 11 is 0. The van der Waals surface area contributed by atoms with Gasteiger partial charge < -0.3 is 14.2 Å². The van der Waals surface area contributed by atoms with Crippen LogP contribution < -0.4 is 9.47 Å². The Morgan fingerprint density at radius 2 is 1.70 bits per heavy atom. The van der Waals surface area contributed by atoms with Gasteiger partial charge in [-0.3, -0.25) is 0 Å². The molecule has 2 aromatic carbocycles. The molecule has 0 fully saturated rings. The number of pyridine rings is 1. The van der Waals surface area contributed by atoms with Crippen LogP contribution in [-0.2, 0) is 4.74 Å². The van der Waals surface area contributed by atoms with Crippen LogP contribution in [0.3, 0.4) is 0 Å². The molecule has 0 spiro atoms. The highest BCUT2D eigenvalue weighted by atomic mass is 16.5. The number of aromatic nitrogens is 1. The number of para-hydroxylation sites is 1. The predicted octanol–water partition coefficient (Wildman–Crippen LogP) is 4.61. The molecule has 0 aliphatic carbocycles. The molecular formula is C22H21NO4. The Balaban J connectivity index is 2.34. The molecule has 0 amide bonds. The molecule has 0 saturated heterocycles. The number of ether oxygens (including phenoxy) is 3. The van der Waals surface area contributed by atoms with Crippen molar-refractivity contribution in [2.45, 2.75) is 6.92 Å². The van der Waals surface area contributed by atoms with Crippen molar-refractivity contribution in [3.63, 3.8) is 0 Å². The Bertz CT molecular complexity index is 938. The SMILES string of the molecule is CCOC(=O)c1nccc(-c2ccccc2)c1-c1cccc(OC)c1OC. The van der Waals surface area contributed by atoms with Crippen LogP contribution in [0.1, 0.15) is 17.4 Å². The third-order valence-corrected chi connectivity index (χ3v) is 4.18. The summed E-state index contributed by atoms with van der Waals surface area (Å²) in [6.07, 6.45) is 1.62. The van der Waals surface area contributed by atoms with Crippen LogP contribution in [0.15, 0.2) is 60.8 Å². The maximum atomic E-state index is 12.6. The van der Waals surface area contributed by atoms with Crippen LogP contribution in [0.5, 0.6) is 11.5 Å². The molecule has 0 radical (unpaired) electrons. The van der Waals surface area contributed by atoms with E-state index in [4.69, 9.17) is 14.2 Å². The van der Waals surface area contributed by atoms with Crippen molar-refractivity contribution in [1.82, 2.24) is 4.98 Å². The Morgan fingerprint density at radius 1 is 0.926 bits per heavy atom. The normalized spacial score (nSPS) is 10.3. The van der Waals surface area contributed by atoms with E-state index in [0.717, 1.165) is 11.1 Å². The van der Waals surface area contributed by atoms with Gasteiger partial charge in [0.25, 0.3) is 0 Å². The molecule has 0 aliphatic rings. The molecule has 1 aromatic heterocycles. The van der Waals surface area contributed by atoms with E-state index in [9.17, 15) is 4.79 Å². The number of hydrogen-bond acceptors (Lipinski definition) is 5. The number of hydrogen-bond donors (Lipinski definition) is 0. The van der Waals surface area contributed by atoms with Crippen LogP contribution in [0.25, 0.3) is 22.3 Å². The molecule has 27 heavy (non-hydrogen) atoms. The van der Waals surface area contributed by atoms with Crippen molar-refractivity contribution < 1.29 is 19.0 Å². The van der Waals surface area contributed by atoms with E-state index in [1.54, 1.807) is 27.3 Å². The van der Waals surface area contributed by atoms with Gasteiger partial charge in [-0.1, -0.05) is 42.5 Å². The Hall–Kier alpha value is -3.34. The highest BCUT2D eigenvalue weighted by Crippen LogP contribution is 2.43. The smallest absolute Gasteiger partial charge is 0.357 e. The molecule has 0 unspecified atom stereocenters. The molecule has 1 heterocycles. The summed E-state index contributed by atoms with van der Waals surface area (Å²) < 4.78 is 16.3. The van der Waals surface area contributed by atoms with E-state index in [0.29, 0.717) is 22.6 Å². The van der Waals surface area contributed by atoms with E-state index in [-0.39, 0.29) is 12.3 Å². The summed E-state index contributed by atoms with van der Waals surface area (Å²) in [5, 5.41) is 0. The molecule has 0 saturated carbocycles. The fraction of sp³-hybridized carbons (Fsp3) is 0.182. The molecule has 0 N–H and O–H groups in total. The van der Waals surface area contributed by atoms with Gasteiger partial charge in [-0.15, -0.1) is 0 Å². The van der Waals surface area contributed by atoms with Crippen LogP contribution >= 0.6 is 0 Å². The topological polar surface area (TPSA) is 57.7 Å². The number of esters is 1. The summed E-state index contributed by atoms with van der Waals surface area (Å²) in [4.78, 5) is 16.9. The second-order valence-corrected chi connectivity index (χ2v) is 5.71. The number of rotatable bonds is 6. The Kier molecular flexibility index (Phi) is 5.71. The van der Waals surface area contributed by atoms with Gasteiger partial charge in [0.05, 0.1) is 20.8 Å². The summed E-state index contributed by atoms with van der Waals surface area (Å²) in [5.74, 6) is 0.638. The van der Waals surface area contributed by atoms with Gasteiger partial charge in [0.1, 0.15) is 0 Å². The maximum Gasteiger partial charge on any atom is 0.357 e. The summed E-state index contributed by atoms with van der Waals surface area (Å²) in [5.41, 5.74) is 3.43. The third-order valence-electron chi connectivity index (χ3n) is 4.18. The molecule has 3 rings (SSSR count). The van der Waals surface area contributed by atoms with Gasteiger partial charge >= 0.3 is 5.97 Å². The first-order chi connectivity index (χ1) is 13.2. The van der Waals surface area contributed by atoms with Crippen molar-refractivity contribution in [2.24, 2.45) is 0 Å². The first-order valence-corrected chi connectivity index (χ1v) is 8.64. The number of carbonyl (C=O) groups is 1. The zero-order chi connectivity index (χ0) is 19.2. The fourth-order valence-corrected chi connectivity index (χ4v) is 3.03. The highest BCUT2D eigenvalue weighted by molar-refractivity contribution is 6.01.